The lowest BCUT2D eigenvalue weighted by Crippen LogP contribution is -2.38. The quantitative estimate of drug-likeness (QED) is 0.219. The van der Waals surface area contributed by atoms with Gasteiger partial charge in [0.05, 0.1) is 5.69 Å². The summed E-state index contributed by atoms with van der Waals surface area (Å²) in [5, 5.41) is 3.53. The van der Waals surface area contributed by atoms with E-state index in [4.69, 9.17) is 4.99 Å². The molecule has 1 atom stereocenters. The van der Waals surface area contributed by atoms with Crippen LogP contribution in [0.1, 0.15) is 34.0 Å². The lowest BCUT2D eigenvalue weighted by Gasteiger charge is -2.27. The zero-order valence-electron chi connectivity index (χ0n) is 21.4. The van der Waals surface area contributed by atoms with E-state index in [9.17, 15) is 4.79 Å². The van der Waals surface area contributed by atoms with Gasteiger partial charge in [-0.1, -0.05) is 78.2 Å². The first-order chi connectivity index (χ1) is 17.4. The minimum Gasteiger partial charge on any atom is -0.343 e. The first kappa shape index (κ1) is 24.9. The molecule has 0 saturated carbocycles. The largest absolute Gasteiger partial charge is 0.343 e. The maximum Gasteiger partial charge on any atom is 0.258 e. The summed E-state index contributed by atoms with van der Waals surface area (Å²) >= 11 is 0. The molecule has 0 bridgehead atoms. The molecule has 0 radical (unpaired) electrons. The molecule has 182 valence electrons. The van der Waals surface area contributed by atoms with E-state index in [2.05, 4.69) is 62.5 Å². The van der Waals surface area contributed by atoms with Crippen LogP contribution in [0.3, 0.4) is 0 Å². The summed E-state index contributed by atoms with van der Waals surface area (Å²) in [6, 6.07) is 34.0. The molecular weight excluding hydrogens is 442 g/mol. The third kappa shape index (κ3) is 6.48. The molecule has 0 aliphatic rings. The van der Waals surface area contributed by atoms with Crippen LogP contribution >= 0.6 is 0 Å². The number of amidine groups is 1. The number of anilines is 2. The minimum absolute atomic E-state index is 0.0312. The third-order valence-corrected chi connectivity index (χ3v) is 6.14. The molecule has 4 heteroatoms. The molecule has 0 aromatic heterocycles. The van der Waals surface area contributed by atoms with Crippen molar-refractivity contribution >= 4 is 28.8 Å². The number of benzene rings is 4. The zero-order valence-corrected chi connectivity index (χ0v) is 21.4. The minimum atomic E-state index is -0.0680. The fraction of sp³-hybridized carbons (Fsp3) is 0.188. The fourth-order valence-electron chi connectivity index (χ4n) is 3.93. The van der Waals surface area contributed by atoms with E-state index >= 15 is 0 Å². The van der Waals surface area contributed by atoms with Crippen LogP contribution in [0, 0.1) is 26.7 Å². The second-order valence-corrected chi connectivity index (χ2v) is 9.34. The Morgan fingerprint density at radius 3 is 1.86 bits per heavy atom. The summed E-state index contributed by atoms with van der Waals surface area (Å²) in [5.41, 5.74) is 6.91. The molecule has 36 heavy (non-hydrogen) atoms. The lowest BCUT2D eigenvalue weighted by molar-refractivity contribution is 0.0985. The average molecular weight is 476 g/mol. The van der Waals surface area contributed by atoms with E-state index in [1.165, 1.54) is 11.1 Å². The van der Waals surface area contributed by atoms with Crippen molar-refractivity contribution in [2.45, 2.75) is 27.7 Å². The number of amides is 1. The molecule has 0 saturated heterocycles. The van der Waals surface area contributed by atoms with E-state index in [1.54, 1.807) is 0 Å². The van der Waals surface area contributed by atoms with Gasteiger partial charge in [-0.15, -0.1) is 0 Å². The molecule has 0 aliphatic carbocycles. The Kier molecular flexibility index (Phi) is 7.96. The number of carbonyl (C=O) groups is 1. The van der Waals surface area contributed by atoms with Gasteiger partial charge in [0, 0.05) is 29.4 Å². The lowest BCUT2D eigenvalue weighted by atomic mass is 10.1. The van der Waals surface area contributed by atoms with E-state index in [1.807, 2.05) is 78.6 Å². The SMILES string of the molecule is Cc1ccc(N=C(Nc2ccc(C)cc2)[C@H](C)CN(C(=O)c2ccccc2)c2ccc(C)cc2)cc1. The molecule has 4 aromatic carbocycles. The number of rotatable bonds is 7. The molecular formula is C32H33N3O. The number of nitrogens with one attached hydrogen (secondary N) is 1. The molecule has 0 heterocycles. The van der Waals surface area contributed by atoms with Crippen molar-refractivity contribution in [2.75, 3.05) is 16.8 Å². The van der Waals surface area contributed by atoms with Crippen LogP contribution in [-0.2, 0) is 0 Å². The van der Waals surface area contributed by atoms with Crippen LogP contribution in [0.5, 0.6) is 0 Å². The number of carbonyl (C=O) groups excluding carboxylic acids is 1. The molecule has 1 N–H and O–H groups in total. The van der Waals surface area contributed by atoms with Gasteiger partial charge in [-0.25, -0.2) is 4.99 Å². The highest BCUT2D eigenvalue weighted by Crippen LogP contribution is 2.23. The second-order valence-electron chi connectivity index (χ2n) is 9.34. The Balaban J connectivity index is 1.68. The number of aliphatic imine (C=N–C) groups is 1. The van der Waals surface area contributed by atoms with E-state index in [-0.39, 0.29) is 11.8 Å². The van der Waals surface area contributed by atoms with Crippen molar-refractivity contribution in [3.63, 3.8) is 0 Å². The summed E-state index contributed by atoms with van der Waals surface area (Å²) in [5.74, 6) is 0.707. The Morgan fingerprint density at radius 1 is 0.750 bits per heavy atom. The van der Waals surface area contributed by atoms with Crippen LogP contribution in [0.15, 0.2) is 108 Å². The summed E-state index contributed by atoms with van der Waals surface area (Å²) in [4.78, 5) is 20.5. The molecule has 0 aliphatic heterocycles. The van der Waals surface area contributed by atoms with E-state index in [0.29, 0.717) is 12.1 Å². The Bertz CT molecular complexity index is 1310. The van der Waals surface area contributed by atoms with Gasteiger partial charge in [0.25, 0.3) is 5.91 Å². The van der Waals surface area contributed by atoms with Crippen molar-refractivity contribution in [3.05, 3.63) is 125 Å². The maximum atomic E-state index is 13.6. The normalized spacial score (nSPS) is 12.2. The van der Waals surface area contributed by atoms with Gasteiger partial charge in [-0.2, -0.15) is 0 Å². The first-order valence-electron chi connectivity index (χ1n) is 12.3. The topological polar surface area (TPSA) is 44.7 Å². The average Bonchev–Trinajstić information content (AvgIpc) is 2.90. The summed E-state index contributed by atoms with van der Waals surface area (Å²) in [6.07, 6.45) is 0. The highest BCUT2D eigenvalue weighted by molar-refractivity contribution is 6.07. The molecule has 0 fully saturated rings. The highest BCUT2D eigenvalue weighted by Gasteiger charge is 2.23. The van der Waals surface area contributed by atoms with Gasteiger partial charge >= 0.3 is 0 Å². The third-order valence-electron chi connectivity index (χ3n) is 6.14. The molecule has 4 aromatic rings. The number of hydrogen-bond acceptors (Lipinski definition) is 2. The predicted octanol–water partition coefficient (Wildman–Crippen LogP) is 7.74. The van der Waals surface area contributed by atoms with Crippen molar-refractivity contribution in [1.29, 1.82) is 0 Å². The molecule has 4 rings (SSSR count). The Labute approximate surface area is 214 Å². The highest BCUT2D eigenvalue weighted by atomic mass is 16.2. The number of hydrogen-bond donors (Lipinski definition) is 1. The molecule has 1 amide bonds. The van der Waals surface area contributed by atoms with Crippen molar-refractivity contribution in [3.8, 4) is 0 Å². The summed E-state index contributed by atoms with van der Waals surface area (Å²) < 4.78 is 0. The van der Waals surface area contributed by atoms with Crippen LogP contribution in [0.2, 0.25) is 0 Å². The number of aryl methyl sites for hydroxylation is 3. The molecule has 0 unspecified atom stereocenters. The number of nitrogens with zero attached hydrogens (tertiary/aromatic N) is 2. The molecule has 4 nitrogen and oxygen atoms in total. The maximum absolute atomic E-state index is 13.6. The zero-order chi connectivity index (χ0) is 25.5. The van der Waals surface area contributed by atoms with Crippen molar-refractivity contribution in [2.24, 2.45) is 10.9 Å². The smallest absolute Gasteiger partial charge is 0.258 e. The summed E-state index contributed by atoms with van der Waals surface area (Å²) in [6.45, 7) is 8.76. The van der Waals surface area contributed by atoms with Gasteiger partial charge in [0.15, 0.2) is 0 Å². The monoisotopic (exact) mass is 475 g/mol. The fourth-order valence-corrected chi connectivity index (χ4v) is 3.93. The first-order valence-corrected chi connectivity index (χ1v) is 12.3. The van der Waals surface area contributed by atoms with Crippen LogP contribution < -0.4 is 10.2 Å². The van der Waals surface area contributed by atoms with E-state index < -0.39 is 0 Å². The van der Waals surface area contributed by atoms with E-state index in [0.717, 1.165) is 28.5 Å². The molecule has 0 spiro atoms. The Morgan fingerprint density at radius 2 is 1.28 bits per heavy atom. The summed E-state index contributed by atoms with van der Waals surface area (Å²) in [7, 11) is 0. The van der Waals surface area contributed by atoms with Gasteiger partial charge in [0.1, 0.15) is 5.84 Å². The van der Waals surface area contributed by atoms with Gasteiger partial charge < -0.3 is 10.2 Å². The van der Waals surface area contributed by atoms with Crippen LogP contribution in [-0.4, -0.2) is 18.3 Å². The predicted molar refractivity (Wildman–Crippen MR) is 152 cm³/mol. The van der Waals surface area contributed by atoms with Gasteiger partial charge in [-0.05, 0) is 69.3 Å². The second kappa shape index (κ2) is 11.5. The van der Waals surface area contributed by atoms with Crippen LogP contribution in [0.25, 0.3) is 0 Å². The van der Waals surface area contributed by atoms with Crippen molar-refractivity contribution < 1.29 is 4.79 Å². The van der Waals surface area contributed by atoms with Crippen LogP contribution in [0.4, 0.5) is 17.1 Å². The van der Waals surface area contributed by atoms with Gasteiger partial charge in [0.2, 0.25) is 0 Å². The standard InChI is InChI=1S/C32H33N3O/c1-23-10-16-28(17-11-23)33-31(34-29-18-12-24(2)13-19-29)26(4)22-35(30-20-14-25(3)15-21-30)32(36)27-8-6-5-7-9-27/h5-21,26H,22H2,1-4H3,(H,33,34)/t26-/m1/s1. The van der Waals surface area contributed by atoms with Gasteiger partial charge in [-0.3, -0.25) is 4.79 Å². The Hall–Kier alpha value is -4.18. The van der Waals surface area contributed by atoms with Crippen molar-refractivity contribution in [1.82, 2.24) is 0 Å².